The molecule has 270 valence electrons. The van der Waals surface area contributed by atoms with E-state index in [0.717, 1.165) is 83.4 Å². The number of nitrogens with one attached hydrogen (secondary N) is 1. The predicted molar refractivity (Wildman–Crippen MR) is 232 cm³/mol. The van der Waals surface area contributed by atoms with Gasteiger partial charge in [-0.15, -0.1) is 0 Å². The first-order valence-corrected chi connectivity index (χ1v) is 20.3. The quantitative estimate of drug-likeness (QED) is 0.193. The van der Waals surface area contributed by atoms with Gasteiger partial charge in [0, 0.05) is 34.8 Å². The van der Waals surface area contributed by atoms with E-state index in [9.17, 15) is 15.8 Å². The smallest absolute Gasteiger partial charge is 0.260 e. The van der Waals surface area contributed by atoms with Crippen LogP contribution in [0.3, 0.4) is 0 Å². The molecular formula is C46H22B3N5O4S. The van der Waals surface area contributed by atoms with Gasteiger partial charge in [0.05, 0.1) is 40.6 Å². The van der Waals surface area contributed by atoms with Gasteiger partial charge in [0.15, 0.2) is 0 Å². The van der Waals surface area contributed by atoms with Crippen LogP contribution in [0.2, 0.25) is 0 Å². The largest absolute Gasteiger partial charge is 0.458 e. The fourth-order valence-electron chi connectivity index (χ4n) is 10.1. The van der Waals surface area contributed by atoms with Crippen molar-refractivity contribution in [2.75, 3.05) is 15.9 Å². The van der Waals surface area contributed by atoms with Gasteiger partial charge >= 0.3 is 0 Å². The summed E-state index contributed by atoms with van der Waals surface area (Å²) in [5, 5.41) is 33.9. The second-order valence-electron chi connectivity index (χ2n) is 15.4. The summed E-state index contributed by atoms with van der Waals surface area (Å²) < 4.78 is 28.6. The molecule has 0 spiro atoms. The first-order valence-electron chi connectivity index (χ1n) is 19.1. The summed E-state index contributed by atoms with van der Waals surface area (Å²) in [6, 6.07) is 42.9. The van der Waals surface area contributed by atoms with E-state index in [0.29, 0.717) is 51.2 Å². The van der Waals surface area contributed by atoms with Gasteiger partial charge in [-0.2, -0.15) is 15.8 Å². The van der Waals surface area contributed by atoms with Crippen LogP contribution in [0.1, 0.15) is 16.7 Å². The molecular weight excluding hydrogens is 751 g/mol. The van der Waals surface area contributed by atoms with Crippen LogP contribution in [0.5, 0.6) is 46.0 Å². The molecule has 1 N–H and O–H groups in total. The van der Waals surface area contributed by atoms with Crippen molar-refractivity contribution >= 4 is 104 Å². The Labute approximate surface area is 343 Å². The summed E-state index contributed by atoms with van der Waals surface area (Å²) in [6.07, 6.45) is 2.04. The Morgan fingerprint density at radius 3 is 1.59 bits per heavy atom. The summed E-state index contributed by atoms with van der Waals surface area (Å²) in [5.74, 6) is 5.24. The Bertz CT molecular complexity index is 3300. The SMILES string of the molecule is CSN1c2cc3c(cc2B2c4cc5c(cc4Oc4cc(C#N)cc1c42)Oc1cc(C#N)cc2c1B5c1ccccc1O2)B1c2ccccc2Oc2cc(C#N)cc(c21)N3. The van der Waals surface area contributed by atoms with Gasteiger partial charge in [0.1, 0.15) is 46.0 Å². The number of nitrogens with zero attached hydrogens (tertiary/aromatic N) is 4. The molecule has 9 nitrogen and oxygen atoms in total. The molecule has 0 fully saturated rings. The summed E-state index contributed by atoms with van der Waals surface area (Å²) in [4.78, 5) is 0. The Kier molecular flexibility index (Phi) is 6.31. The highest BCUT2D eigenvalue weighted by molar-refractivity contribution is 8.00. The van der Waals surface area contributed by atoms with E-state index in [-0.39, 0.29) is 20.1 Å². The van der Waals surface area contributed by atoms with Crippen molar-refractivity contribution in [3.05, 3.63) is 126 Å². The van der Waals surface area contributed by atoms with Crippen molar-refractivity contribution in [1.82, 2.24) is 0 Å². The highest BCUT2D eigenvalue weighted by Crippen LogP contribution is 2.44. The number of fused-ring (bicyclic) bond motifs is 12. The lowest BCUT2D eigenvalue weighted by atomic mass is 9.30. The second-order valence-corrected chi connectivity index (χ2v) is 16.1. The van der Waals surface area contributed by atoms with Crippen molar-refractivity contribution in [2.24, 2.45) is 0 Å². The van der Waals surface area contributed by atoms with Crippen LogP contribution in [0.25, 0.3) is 0 Å². The zero-order valence-corrected chi connectivity index (χ0v) is 31.8. The predicted octanol–water partition coefficient (Wildman–Crippen LogP) is 4.06. The minimum Gasteiger partial charge on any atom is -0.458 e. The lowest BCUT2D eigenvalue weighted by Gasteiger charge is -2.41. The number of ether oxygens (including phenoxy) is 4. The third-order valence-electron chi connectivity index (χ3n) is 12.4. The van der Waals surface area contributed by atoms with Crippen molar-refractivity contribution in [2.45, 2.75) is 0 Å². The molecule has 0 saturated carbocycles. The maximum absolute atomic E-state index is 10.3. The number of anilines is 4. The average molecular weight is 773 g/mol. The van der Waals surface area contributed by atoms with Crippen LogP contribution in [-0.2, 0) is 0 Å². The number of para-hydroxylation sites is 2. The van der Waals surface area contributed by atoms with E-state index in [2.05, 4.69) is 58.2 Å². The molecule has 0 unspecified atom stereocenters. The lowest BCUT2D eigenvalue weighted by Crippen LogP contribution is -2.64. The van der Waals surface area contributed by atoms with Crippen LogP contribution in [-0.4, -0.2) is 26.4 Å². The molecule has 0 aromatic heterocycles. The van der Waals surface area contributed by atoms with Crippen LogP contribution in [0, 0.1) is 34.0 Å². The third kappa shape index (κ3) is 4.25. The van der Waals surface area contributed by atoms with E-state index < -0.39 is 0 Å². The highest BCUT2D eigenvalue weighted by Gasteiger charge is 2.48. The fraction of sp³-hybridized carbons (Fsp3) is 0.0217. The van der Waals surface area contributed by atoms with Gasteiger partial charge in [-0.1, -0.05) is 48.5 Å². The van der Waals surface area contributed by atoms with E-state index in [1.54, 1.807) is 24.1 Å². The summed E-state index contributed by atoms with van der Waals surface area (Å²) >= 11 is 1.57. The second kappa shape index (κ2) is 11.5. The monoisotopic (exact) mass is 773 g/mol. The van der Waals surface area contributed by atoms with Gasteiger partial charge in [-0.3, -0.25) is 4.31 Å². The van der Waals surface area contributed by atoms with Gasteiger partial charge in [0.25, 0.3) is 20.1 Å². The maximum Gasteiger partial charge on any atom is 0.260 e. The molecule has 0 bridgehead atoms. The molecule has 6 aliphatic heterocycles. The number of nitriles is 3. The number of hydrogen-bond acceptors (Lipinski definition) is 10. The summed E-state index contributed by atoms with van der Waals surface area (Å²) in [5.41, 5.74) is 14.2. The van der Waals surface area contributed by atoms with Crippen molar-refractivity contribution < 1.29 is 18.9 Å². The molecule has 0 radical (unpaired) electrons. The van der Waals surface area contributed by atoms with Gasteiger partial charge in [-0.25, -0.2) is 0 Å². The highest BCUT2D eigenvalue weighted by atomic mass is 32.2. The molecule has 13 rings (SSSR count). The zero-order valence-electron chi connectivity index (χ0n) is 31.0. The van der Waals surface area contributed by atoms with Gasteiger partial charge in [0.2, 0.25) is 0 Å². The van der Waals surface area contributed by atoms with E-state index in [4.69, 9.17) is 18.9 Å². The van der Waals surface area contributed by atoms with Crippen LogP contribution in [0.15, 0.2) is 109 Å². The minimum atomic E-state index is -0.278. The Balaban J connectivity index is 1.07. The van der Waals surface area contributed by atoms with Crippen molar-refractivity contribution in [3.63, 3.8) is 0 Å². The Morgan fingerprint density at radius 1 is 0.458 bits per heavy atom. The normalized spacial score (nSPS) is 14.1. The number of hydrogen-bond donors (Lipinski definition) is 1. The molecule has 0 atom stereocenters. The molecule has 7 aromatic carbocycles. The Hall–Kier alpha value is -7.65. The van der Waals surface area contributed by atoms with Crippen molar-refractivity contribution in [1.29, 1.82) is 15.8 Å². The third-order valence-corrected chi connectivity index (χ3v) is 13.2. The van der Waals surface area contributed by atoms with E-state index in [1.807, 2.05) is 73.0 Å². The first kappa shape index (κ1) is 32.4. The summed E-state index contributed by atoms with van der Waals surface area (Å²) in [7, 11) is 0. The number of rotatable bonds is 1. The summed E-state index contributed by atoms with van der Waals surface area (Å²) in [6.45, 7) is -0.662. The van der Waals surface area contributed by atoms with Crippen LogP contribution >= 0.6 is 11.9 Å². The topological polar surface area (TPSA) is 124 Å². The van der Waals surface area contributed by atoms with E-state index in [1.165, 1.54) is 0 Å². The Morgan fingerprint density at radius 2 is 0.966 bits per heavy atom. The molecule has 13 heteroatoms. The molecule has 0 saturated heterocycles. The maximum atomic E-state index is 10.3. The van der Waals surface area contributed by atoms with Gasteiger partial charge < -0.3 is 24.3 Å². The molecule has 0 aliphatic carbocycles. The number of benzene rings is 7. The minimum absolute atomic E-state index is 0.160. The fourth-order valence-corrected chi connectivity index (χ4v) is 10.8. The van der Waals surface area contributed by atoms with Crippen LogP contribution in [0.4, 0.5) is 22.7 Å². The van der Waals surface area contributed by atoms with Crippen LogP contribution < -0.4 is 77.7 Å². The standard InChI is InChI=1S/C46H22B3N5O4S/c1-59-54-34-18-32-28(47-26-6-2-4-8-36(26)55-40-12-23(20-50)10-33(53-32)44(40)47)16-29(34)49-31-17-30-38(19-39(31)57-41-13-24(21-51)11-35(54)45(41)49)58-43-15-25(22-52)14-42-46(43)48(30)27-7-3-5-9-37(27)56-42/h2-19,53H,1H3. The average Bonchev–Trinajstić information content (AvgIpc) is 3.27. The molecule has 6 aliphatic rings. The molecule has 59 heavy (non-hydrogen) atoms. The first-order chi connectivity index (χ1) is 29.0. The van der Waals surface area contributed by atoms with Gasteiger partial charge in [-0.05, 0) is 110 Å². The molecule has 7 aromatic rings. The van der Waals surface area contributed by atoms with E-state index >= 15 is 0 Å². The lowest BCUT2D eigenvalue weighted by molar-refractivity contribution is 0.456. The molecule has 6 heterocycles. The molecule has 0 amide bonds. The van der Waals surface area contributed by atoms with Crippen molar-refractivity contribution in [3.8, 4) is 64.2 Å². The zero-order chi connectivity index (χ0) is 39.3.